The second-order valence-electron chi connectivity index (χ2n) is 9.97. The fraction of sp³-hybridized carbons (Fsp3) is 0.429. The second kappa shape index (κ2) is 12.9. The number of aryl methyl sites for hydroxylation is 1. The number of piperazine rings is 1. The number of hydrogen-bond acceptors (Lipinski definition) is 5. The van der Waals surface area contributed by atoms with Gasteiger partial charge in [0.25, 0.3) is 5.76 Å². The molecule has 38 heavy (non-hydrogen) atoms. The van der Waals surface area contributed by atoms with Crippen molar-refractivity contribution in [2.75, 3.05) is 37.7 Å². The fourth-order valence-electron chi connectivity index (χ4n) is 4.83. The van der Waals surface area contributed by atoms with Crippen molar-refractivity contribution in [2.24, 2.45) is 4.74 Å². The monoisotopic (exact) mass is 583 g/mol. The molecule has 1 fully saturated rings. The second-order valence-corrected chi connectivity index (χ2v) is 14.8. The summed E-state index contributed by atoms with van der Waals surface area (Å²) in [4.78, 5) is 2.91. The summed E-state index contributed by atoms with van der Waals surface area (Å²) in [6.45, 7) is 14.5. The number of anilines is 1. The minimum Gasteiger partial charge on any atom is -0.492 e. The number of furan rings is 1. The van der Waals surface area contributed by atoms with Gasteiger partial charge in [0.1, 0.15) is 18.7 Å². The third-order valence-electron chi connectivity index (χ3n) is 6.46. The lowest BCUT2D eigenvalue weighted by molar-refractivity contribution is 0.252. The van der Waals surface area contributed by atoms with Crippen LogP contribution in [0, 0.1) is 6.92 Å². The Morgan fingerprint density at radius 3 is 2.21 bits per heavy atom. The van der Waals surface area contributed by atoms with Crippen molar-refractivity contribution in [2.45, 2.75) is 50.4 Å². The molecule has 0 bridgehead atoms. The molecule has 0 aliphatic carbocycles. The van der Waals surface area contributed by atoms with Crippen LogP contribution in [-0.2, 0) is 0 Å². The van der Waals surface area contributed by atoms with E-state index in [1.165, 1.54) is 0 Å². The maximum Gasteiger partial charge on any atom is 0.288 e. The normalized spacial score (nSPS) is 16.2. The van der Waals surface area contributed by atoms with Crippen LogP contribution in [-0.4, -0.2) is 48.4 Å². The van der Waals surface area contributed by atoms with Gasteiger partial charge in [-0.1, -0.05) is 44.7 Å². The highest BCUT2D eigenvalue weighted by atomic mass is 35.5. The van der Waals surface area contributed by atoms with E-state index in [9.17, 15) is 8.78 Å². The highest BCUT2D eigenvalue weighted by molar-refractivity contribution is 7.99. The van der Waals surface area contributed by atoms with E-state index in [0.29, 0.717) is 23.3 Å². The number of ether oxygens (including phenoxy) is 1. The Bertz CT molecular complexity index is 1240. The van der Waals surface area contributed by atoms with E-state index in [4.69, 9.17) is 13.9 Å². The van der Waals surface area contributed by atoms with E-state index in [1.54, 1.807) is 12.1 Å². The van der Waals surface area contributed by atoms with Gasteiger partial charge in [-0.3, -0.25) is 4.67 Å². The zero-order valence-electron chi connectivity index (χ0n) is 22.6. The quantitative estimate of drug-likeness (QED) is 0.197. The summed E-state index contributed by atoms with van der Waals surface area (Å²) in [6, 6.07) is 19.4. The Balaban J connectivity index is 0.00000400. The summed E-state index contributed by atoms with van der Waals surface area (Å²) in [5.41, 5.74) is 2.79. The number of nitrogens with zero attached hydrogens (tertiary/aromatic N) is 3. The van der Waals surface area contributed by atoms with E-state index in [2.05, 4.69) is 42.5 Å². The van der Waals surface area contributed by atoms with Crippen LogP contribution in [0.4, 0.5) is 20.2 Å². The SMILES string of the molecule is CCOc1ccccc1N1CCN(P(=Nc2ccc(SC(F)F)cc2)(c2ccc(C)o2)C(C)(C)C)CC1.Cl. The average molecular weight is 584 g/mol. The van der Waals surface area contributed by atoms with Crippen LogP contribution in [0.2, 0.25) is 0 Å². The van der Waals surface area contributed by atoms with E-state index in [1.807, 2.05) is 50.2 Å². The molecule has 0 saturated carbocycles. The highest BCUT2D eigenvalue weighted by Gasteiger charge is 2.44. The molecule has 1 aliphatic rings. The molecule has 1 aromatic heterocycles. The minimum absolute atomic E-state index is 0. The maximum absolute atomic E-state index is 12.9. The molecule has 2 heterocycles. The van der Waals surface area contributed by atoms with E-state index >= 15 is 0 Å². The average Bonchev–Trinajstić information content (AvgIpc) is 3.29. The summed E-state index contributed by atoms with van der Waals surface area (Å²) >= 11 is 0.550. The molecule has 1 unspecified atom stereocenters. The van der Waals surface area contributed by atoms with Crippen molar-refractivity contribution in [3.63, 3.8) is 0 Å². The molecule has 5 nitrogen and oxygen atoms in total. The van der Waals surface area contributed by atoms with E-state index in [-0.39, 0.29) is 17.6 Å². The van der Waals surface area contributed by atoms with E-state index < -0.39 is 13.0 Å². The Labute approximate surface area is 235 Å². The Kier molecular flexibility index (Phi) is 10.4. The van der Waals surface area contributed by atoms with Gasteiger partial charge in [-0.05, 0) is 62.4 Å². The molecule has 0 spiro atoms. The number of benzene rings is 2. The molecular weight excluding hydrogens is 547 g/mol. The molecule has 10 heteroatoms. The number of hydrogen-bond donors (Lipinski definition) is 0. The van der Waals surface area contributed by atoms with Gasteiger partial charge in [-0.2, -0.15) is 8.78 Å². The van der Waals surface area contributed by atoms with Crippen LogP contribution >= 0.6 is 31.4 Å². The van der Waals surface area contributed by atoms with Crippen LogP contribution in [0.3, 0.4) is 0 Å². The summed E-state index contributed by atoms with van der Waals surface area (Å²) in [5.74, 6) is -0.686. The Hall–Kier alpha value is -1.99. The minimum atomic E-state index is -2.45. The van der Waals surface area contributed by atoms with E-state index in [0.717, 1.165) is 54.6 Å². The number of halogens is 3. The van der Waals surface area contributed by atoms with Crippen LogP contribution in [0.5, 0.6) is 5.75 Å². The van der Waals surface area contributed by atoms with Crippen molar-refractivity contribution in [3.05, 3.63) is 66.4 Å². The van der Waals surface area contributed by atoms with Crippen molar-refractivity contribution in [3.8, 4) is 5.75 Å². The van der Waals surface area contributed by atoms with Gasteiger partial charge in [0, 0.05) is 36.2 Å². The molecule has 1 atom stereocenters. The maximum atomic E-state index is 12.9. The topological polar surface area (TPSA) is 41.2 Å². The molecule has 0 amide bonds. The van der Waals surface area contributed by atoms with Gasteiger partial charge in [0.2, 0.25) is 0 Å². The van der Waals surface area contributed by atoms with Crippen LogP contribution < -0.4 is 15.1 Å². The van der Waals surface area contributed by atoms with Crippen molar-refractivity contribution in [1.29, 1.82) is 0 Å². The van der Waals surface area contributed by atoms with Crippen molar-refractivity contribution < 1.29 is 17.9 Å². The van der Waals surface area contributed by atoms with Crippen molar-refractivity contribution >= 4 is 48.3 Å². The lowest BCUT2D eigenvalue weighted by Gasteiger charge is -2.47. The lowest BCUT2D eigenvalue weighted by atomic mass is 10.2. The molecule has 2 aromatic carbocycles. The first-order valence-electron chi connectivity index (χ1n) is 12.6. The molecule has 0 radical (unpaired) electrons. The van der Waals surface area contributed by atoms with Crippen LogP contribution in [0.25, 0.3) is 0 Å². The first-order valence-corrected chi connectivity index (χ1v) is 15.2. The molecule has 0 N–H and O–H groups in total. The van der Waals surface area contributed by atoms with Gasteiger partial charge >= 0.3 is 0 Å². The molecule has 1 saturated heterocycles. The van der Waals surface area contributed by atoms with Crippen LogP contribution in [0.1, 0.15) is 33.5 Å². The van der Waals surface area contributed by atoms with Crippen molar-refractivity contribution in [1.82, 2.24) is 4.67 Å². The summed E-state index contributed by atoms with van der Waals surface area (Å²) < 4.78 is 45.9. The molecule has 3 aromatic rings. The Morgan fingerprint density at radius 2 is 1.66 bits per heavy atom. The number of para-hydroxylation sites is 2. The van der Waals surface area contributed by atoms with Gasteiger partial charge in [-0.15, -0.1) is 12.4 Å². The lowest BCUT2D eigenvalue weighted by Crippen LogP contribution is -2.48. The summed E-state index contributed by atoms with van der Waals surface area (Å²) in [7, 11) is -2.42. The Morgan fingerprint density at radius 1 is 1.00 bits per heavy atom. The number of alkyl halides is 2. The standard InChI is InChI=1S/C28H36F2N3O2PS.ClH/c1-6-34-25-10-8-7-9-24(25)32-17-19-33(20-18-32)36(28(3,4)5,26-16-11-21(2)35-26)31-22-12-14-23(15-13-22)37-27(29)30;/h7-16,27H,6,17-20H2,1-5H3;1H. The third kappa shape index (κ3) is 6.59. The van der Waals surface area contributed by atoms with Gasteiger partial charge < -0.3 is 14.1 Å². The molecule has 4 rings (SSSR count). The smallest absolute Gasteiger partial charge is 0.288 e. The molecule has 208 valence electrons. The van der Waals surface area contributed by atoms with Gasteiger partial charge in [-0.25, -0.2) is 4.74 Å². The number of rotatable bonds is 8. The molecular formula is C28H37ClF2N3O2PS. The third-order valence-corrected chi connectivity index (χ3v) is 11.6. The fourth-order valence-corrected chi connectivity index (χ4v) is 9.42. The largest absolute Gasteiger partial charge is 0.492 e. The zero-order valence-corrected chi connectivity index (χ0v) is 25.1. The van der Waals surface area contributed by atoms with Gasteiger partial charge in [0.15, 0.2) is 5.50 Å². The molecule has 1 aliphatic heterocycles. The predicted molar refractivity (Wildman–Crippen MR) is 159 cm³/mol. The van der Waals surface area contributed by atoms with Crippen LogP contribution in [0.15, 0.2) is 74.7 Å². The first-order chi connectivity index (χ1) is 17.6. The predicted octanol–water partition coefficient (Wildman–Crippen LogP) is 8.42. The number of thioether (sulfide) groups is 1. The highest BCUT2D eigenvalue weighted by Crippen LogP contribution is 2.64. The zero-order chi connectivity index (χ0) is 26.6. The first kappa shape index (κ1) is 30.6. The summed E-state index contributed by atoms with van der Waals surface area (Å²) in [5, 5.41) is -0.223. The summed E-state index contributed by atoms with van der Waals surface area (Å²) in [6.07, 6.45) is 0. The van der Waals surface area contributed by atoms with Gasteiger partial charge in [0.05, 0.1) is 18.0 Å².